The molecule has 1 aromatic heterocycles. The summed E-state index contributed by atoms with van der Waals surface area (Å²) < 4.78 is 4.94. The first-order chi connectivity index (χ1) is 6.01. The summed E-state index contributed by atoms with van der Waals surface area (Å²) in [4.78, 5) is 3.94. The van der Waals surface area contributed by atoms with Crippen LogP contribution < -0.4 is 10.5 Å². The molecule has 13 heavy (non-hydrogen) atoms. The lowest BCUT2D eigenvalue weighted by molar-refractivity contribution is 0.0676. The minimum atomic E-state index is -1.19. The first kappa shape index (κ1) is 9.95. The van der Waals surface area contributed by atoms with Crippen LogP contribution in [0, 0.1) is 0 Å². The molecule has 0 aliphatic rings. The number of nitrogens with zero attached hydrogens (tertiary/aromatic N) is 1. The summed E-state index contributed by atoms with van der Waals surface area (Å²) in [7, 11) is 1.55. The van der Waals surface area contributed by atoms with Gasteiger partial charge >= 0.3 is 0 Å². The van der Waals surface area contributed by atoms with Crippen LogP contribution in [0.15, 0.2) is 18.3 Å². The molecular formula is C9H14N2O2. The largest absolute Gasteiger partial charge is 0.481 e. The second-order valence-electron chi connectivity index (χ2n) is 3.24. The van der Waals surface area contributed by atoms with Crippen molar-refractivity contribution in [1.82, 2.24) is 4.98 Å². The van der Waals surface area contributed by atoms with Crippen LogP contribution in [-0.2, 0) is 6.42 Å². The van der Waals surface area contributed by atoms with Gasteiger partial charge in [-0.3, -0.25) is 0 Å². The van der Waals surface area contributed by atoms with Gasteiger partial charge < -0.3 is 15.6 Å². The lowest BCUT2D eigenvalue weighted by Crippen LogP contribution is -2.37. The summed E-state index contributed by atoms with van der Waals surface area (Å²) in [5.41, 5.74) is 5.17. The van der Waals surface area contributed by atoms with Crippen LogP contribution in [0.25, 0.3) is 0 Å². The van der Waals surface area contributed by atoms with Gasteiger partial charge in [0.2, 0.25) is 5.88 Å². The molecule has 0 radical (unpaired) electrons. The second kappa shape index (κ2) is 3.72. The van der Waals surface area contributed by atoms with Crippen molar-refractivity contribution in [2.24, 2.45) is 5.73 Å². The second-order valence-corrected chi connectivity index (χ2v) is 3.24. The number of ether oxygens (including phenoxy) is 1. The predicted octanol–water partition coefficient (Wildman–Crippen LogP) is 0.300. The number of aromatic nitrogens is 1. The summed E-state index contributed by atoms with van der Waals surface area (Å²) in [6.45, 7) is 1.56. The van der Waals surface area contributed by atoms with E-state index < -0.39 is 5.72 Å². The molecule has 0 bridgehead atoms. The summed E-state index contributed by atoms with van der Waals surface area (Å²) in [6, 6.07) is 3.55. The van der Waals surface area contributed by atoms with Gasteiger partial charge in [0.15, 0.2) is 0 Å². The molecule has 0 fully saturated rings. The Kier molecular flexibility index (Phi) is 2.85. The summed E-state index contributed by atoms with van der Waals surface area (Å²) in [6.07, 6.45) is 2.01. The number of methoxy groups -OCH3 is 1. The van der Waals surface area contributed by atoms with Crippen molar-refractivity contribution in [3.63, 3.8) is 0 Å². The van der Waals surface area contributed by atoms with Gasteiger partial charge in [0, 0.05) is 18.7 Å². The lowest BCUT2D eigenvalue weighted by Gasteiger charge is -2.16. The molecule has 0 saturated carbocycles. The van der Waals surface area contributed by atoms with E-state index in [0.717, 1.165) is 5.56 Å². The highest BCUT2D eigenvalue weighted by molar-refractivity contribution is 5.21. The highest BCUT2D eigenvalue weighted by Gasteiger charge is 2.14. The molecule has 0 aromatic carbocycles. The number of hydrogen-bond donors (Lipinski definition) is 2. The van der Waals surface area contributed by atoms with E-state index in [2.05, 4.69) is 4.98 Å². The maximum absolute atomic E-state index is 9.35. The molecule has 1 atom stereocenters. The zero-order chi connectivity index (χ0) is 9.90. The fourth-order valence-electron chi connectivity index (χ4n) is 1.09. The SMILES string of the molecule is COc1cc(CC(C)(N)O)ccn1. The average molecular weight is 182 g/mol. The first-order valence-corrected chi connectivity index (χ1v) is 4.01. The van der Waals surface area contributed by atoms with Gasteiger partial charge in [-0.25, -0.2) is 4.98 Å². The highest BCUT2D eigenvalue weighted by Crippen LogP contribution is 2.12. The van der Waals surface area contributed by atoms with Crippen molar-refractivity contribution >= 4 is 0 Å². The van der Waals surface area contributed by atoms with E-state index >= 15 is 0 Å². The molecule has 1 aromatic rings. The molecule has 1 rings (SSSR count). The third-order valence-corrected chi connectivity index (χ3v) is 1.57. The molecule has 0 saturated heterocycles. The van der Waals surface area contributed by atoms with Crippen molar-refractivity contribution in [3.05, 3.63) is 23.9 Å². The van der Waals surface area contributed by atoms with Crippen molar-refractivity contribution < 1.29 is 9.84 Å². The lowest BCUT2D eigenvalue weighted by atomic mass is 10.1. The Bertz CT molecular complexity index is 281. The van der Waals surface area contributed by atoms with Crippen molar-refractivity contribution in [3.8, 4) is 5.88 Å². The van der Waals surface area contributed by atoms with Crippen molar-refractivity contribution in [2.45, 2.75) is 19.1 Å². The monoisotopic (exact) mass is 182 g/mol. The third kappa shape index (κ3) is 3.40. The van der Waals surface area contributed by atoms with E-state index in [1.807, 2.05) is 0 Å². The minimum Gasteiger partial charge on any atom is -0.481 e. The maximum atomic E-state index is 9.35. The van der Waals surface area contributed by atoms with Crippen molar-refractivity contribution in [2.75, 3.05) is 7.11 Å². The topological polar surface area (TPSA) is 68.4 Å². The molecule has 3 N–H and O–H groups in total. The Balaban J connectivity index is 2.78. The quantitative estimate of drug-likeness (QED) is 0.660. The number of rotatable bonds is 3. The van der Waals surface area contributed by atoms with Gasteiger partial charge in [-0.15, -0.1) is 0 Å². The molecular weight excluding hydrogens is 168 g/mol. The van der Waals surface area contributed by atoms with Gasteiger partial charge in [0.1, 0.15) is 5.72 Å². The number of pyridine rings is 1. The maximum Gasteiger partial charge on any atom is 0.213 e. The van der Waals surface area contributed by atoms with E-state index in [4.69, 9.17) is 10.5 Å². The zero-order valence-corrected chi connectivity index (χ0v) is 7.82. The number of hydrogen-bond acceptors (Lipinski definition) is 4. The number of nitrogens with two attached hydrogens (primary N) is 1. The van der Waals surface area contributed by atoms with E-state index in [1.165, 1.54) is 0 Å². The van der Waals surface area contributed by atoms with Gasteiger partial charge in [-0.05, 0) is 18.6 Å². The molecule has 1 unspecified atom stereocenters. The third-order valence-electron chi connectivity index (χ3n) is 1.57. The fraction of sp³-hybridized carbons (Fsp3) is 0.444. The van der Waals surface area contributed by atoms with Crippen molar-refractivity contribution in [1.29, 1.82) is 0 Å². The Morgan fingerprint density at radius 3 is 2.92 bits per heavy atom. The van der Waals surface area contributed by atoms with Crippen LogP contribution in [-0.4, -0.2) is 22.9 Å². The number of aliphatic hydroxyl groups is 1. The Morgan fingerprint density at radius 2 is 2.38 bits per heavy atom. The van der Waals surface area contributed by atoms with Crippen LogP contribution in [0.2, 0.25) is 0 Å². The predicted molar refractivity (Wildman–Crippen MR) is 49.3 cm³/mol. The Labute approximate surface area is 77.4 Å². The van der Waals surface area contributed by atoms with Gasteiger partial charge in [-0.2, -0.15) is 0 Å². The van der Waals surface area contributed by atoms with Crippen LogP contribution in [0.1, 0.15) is 12.5 Å². The fourth-order valence-corrected chi connectivity index (χ4v) is 1.09. The van der Waals surface area contributed by atoms with E-state index in [-0.39, 0.29) is 0 Å². The smallest absolute Gasteiger partial charge is 0.213 e. The highest BCUT2D eigenvalue weighted by atomic mass is 16.5. The first-order valence-electron chi connectivity index (χ1n) is 4.01. The van der Waals surface area contributed by atoms with E-state index in [1.54, 1.807) is 32.4 Å². The van der Waals surface area contributed by atoms with Gasteiger partial charge in [-0.1, -0.05) is 0 Å². The molecule has 1 heterocycles. The molecule has 0 amide bonds. The summed E-state index contributed by atoms with van der Waals surface area (Å²) in [5, 5.41) is 9.35. The summed E-state index contributed by atoms with van der Waals surface area (Å²) in [5.74, 6) is 0.529. The van der Waals surface area contributed by atoms with Crippen LogP contribution in [0.5, 0.6) is 5.88 Å². The molecule has 0 aliphatic heterocycles. The Morgan fingerprint density at radius 1 is 1.69 bits per heavy atom. The zero-order valence-electron chi connectivity index (χ0n) is 7.82. The van der Waals surface area contributed by atoms with E-state index in [9.17, 15) is 5.11 Å². The van der Waals surface area contributed by atoms with Gasteiger partial charge in [0.25, 0.3) is 0 Å². The van der Waals surface area contributed by atoms with Crippen LogP contribution in [0.4, 0.5) is 0 Å². The molecule has 0 aliphatic carbocycles. The molecule has 4 nitrogen and oxygen atoms in total. The Hall–Kier alpha value is -1.13. The van der Waals surface area contributed by atoms with Crippen LogP contribution in [0.3, 0.4) is 0 Å². The van der Waals surface area contributed by atoms with Crippen LogP contribution >= 0.6 is 0 Å². The average Bonchev–Trinajstić information content (AvgIpc) is 2.01. The van der Waals surface area contributed by atoms with Gasteiger partial charge in [0.05, 0.1) is 7.11 Å². The molecule has 0 spiro atoms. The van der Waals surface area contributed by atoms with E-state index in [0.29, 0.717) is 12.3 Å². The molecule has 4 heteroatoms. The molecule has 72 valence electrons. The minimum absolute atomic E-state index is 0.381. The summed E-state index contributed by atoms with van der Waals surface area (Å²) >= 11 is 0. The normalized spacial score (nSPS) is 15.1. The standard InChI is InChI=1S/C9H14N2O2/c1-9(10,12)6-7-3-4-11-8(5-7)13-2/h3-5,12H,6,10H2,1-2H3.